The first-order chi connectivity index (χ1) is 68.8. The summed E-state index contributed by atoms with van der Waals surface area (Å²) >= 11 is 0. The van der Waals surface area contributed by atoms with Crippen LogP contribution >= 0.6 is 0 Å². The fourth-order valence-electron chi connectivity index (χ4n) is 23.8. The van der Waals surface area contributed by atoms with Gasteiger partial charge in [0, 0.05) is 61.7 Å². The fraction of sp³-hybridized carbons (Fsp3) is 0.194. The number of para-hydroxylation sites is 6. The Labute approximate surface area is 878 Å². The van der Waals surface area contributed by atoms with Crippen molar-refractivity contribution < 1.29 is 0 Å². The third-order valence-electron chi connectivity index (χ3n) is 31.0. The molecule has 2 aliphatic carbocycles. The van der Waals surface area contributed by atoms with Crippen molar-refractivity contribution in [2.75, 3.05) is 24.5 Å². The molecule has 8 heteroatoms. The van der Waals surface area contributed by atoms with Crippen LogP contribution in [-0.2, 0) is 27.1 Å². The molecule has 0 aromatic heterocycles. The molecule has 0 bridgehead atoms. The van der Waals surface area contributed by atoms with E-state index in [1.54, 1.807) is 0 Å². The molecule has 2 aliphatic heterocycles. The summed E-state index contributed by atoms with van der Waals surface area (Å²) in [5, 5.41) is 14.3. The van der Waals surface area contributed by atoms with Gasteiger partial charge in [0.25, 0.3) is 0 Å². The highest BCUT2D eigenvalue weighted by Crippen LogP contribution is 2.70. The van der Waals surface area contributed by atoms with Gasteiger partial charge < -0.3 is 24.5 Å². The monoisotopic (exact) mass is 1960 g/mol. The van der Waals surface area contributed by atoms with Crippen LogP contribution < -0.4 is 40.1 Å². The summed E-state index contributed by atoms with van der Waals surface area (Å²) in [6.45, 7) is 42.6. The number of nitrogens with zero attached hydrogens (tertiary/aromatic N) is 5. The maximum absolute atomic E-state index is 2.61. The van der Waals surface area contributed by atoms with Gasteiger partial charge >= 0.3 is 0 Å². The van der Waals surface area contributed by atoms with Gasteiger partial charge in [-0.2, -0.15) is 0 Å². The second kappa shape index (κ2) is 37.9. The first-order valence-electron chi connectivity index (χ1n) is 51.1. The Morgan fingerprint density at radius 2 is 0.415 bits per heavy atom. The number of fused-ring (bicyclic) bond motifs is 26. The Bertz CT molecular complexity index is 7880. The van der Waals surface area contributed by atoms with Crippen LogP contribution in [0.2, 0.25) is 58.9 Å². The molecule has 24 rings (SSSR count). The van der Waals surface area contributed by atoms with Crippen molar-refractivity contribution >= 4 is 168 Å². The highest BCUT2D eigenvalue weighted by atomic mass is 28.3. The summed E-state index contributed by atoms with van der Waals surface area (Å²) in [6, 6.07) is 165. The molecule has 4 aliphatic rings. The first kappa shape index (κ1) is 101. The molecule has 0 atom stereocenters. The lowest BCUT2D eigenvalue weighted by Gasteiger charge is -2.45. The highest BCUT2D eigenvalue weighted by Gasteiger charge is 2.56. The lowest BCUT2D eigenvalue weighted by molar-refractivity contribution is 0.590. The minimum Gasteiger partial charge on any atom is -0.310 e. The molecular weight excluding hydrogens is 1820 g/mol. The Morgan fingerprint density at radius 1 is 0.197 bits per heavy atom. The Kier molecular flexibility index (Phi) is 25.9. The molecule has 734 valence electrons. The van der Waals surface area contributed by atoms with Crippen molar-refractivity contribution in [3.8, 4) is 22.3 Å². The molecule has 20 aromatic carbocycles. The summed E-state index contributed by atoms with van der Waals surface area (Å²) in [4.78, 5) is 12.6. The van der Waals surface area contributed by atoms with Crippen molar-refractivity contribution in [2.24, 2.45) is 0 Å². The standard InChI is InChI=1S/C77H75N3Si2.C58H50N2Si.4CH4/c1-75(2,3)52-34-38-55(39-35-52)78(57-42-46-59(47-43-57)81(7,8)9)71-50-67-73(63-28-18-16-26-61(63)71)74-64-29-19-17-27-62(64)72(79(56-40-36-53(37-41-56)76(4,5)6)58-44-48-60(49-45-58)82(10,11)12)51-68(74)77(67)65-30-20-22-32-69(65)80(54-24-14-13-15-25-54)70-33-23-21-31-66(70)77;1-57(2,3)40-29-31-42(32-30-40)59(43-33-35-44(36-34-43)61(4,5)6)54-38-51-56(47-23-13-12-22-46(47)54)55-45-21-11-10-18-39(45)28-37-50(55)58(51)48-24-14-16-26-52(48)60(41-19-8-7-9-20-41)53-27-17-15-25-49(53)58;;;;/h13-51H,1-12H3;7-38H,1-6H3;4*1H4. The third-order valence-corrected chi connectivity index (χ3v) is 37.2. The normalized spacial score (nSPS) is 13.4. The van der Waals surface area contributed by atoms with E-state index in [0.29, 0.717) is 0 Å². The van der Waals surface area contributed by atoms with Crippen LogP contribution in [0.15, 0.2) is 431 Å². The van der Waals surface area contributed by atoms with E-state index < -0.39 is 35.1 Å². The summed E-state index contributed by atoms with van der Waals surface area (Å²) in [7, 11) is -4.78. The van der Waals surface area contributed by atoms with Crippen molar-refractivity contribution in [3.63, 3.8) is 0 Å². The highest BCUT2D eigenvalue weighted by molar-refractivity contribution is 6.89. The van der Waals surface area contributed by atoms with Gasteiger partial charge in [0.15, 0.2) is 0 Å². The number of anilines is 15. The average Bonchev–Trinajstić information content (AvgIpc) is 1.51. The largest absolute Gasteiger partial charge is 0.310 e. The van der Waals surface area contributed by atoms with Crippen LogP contribution in [0.3, 0.4) is 0 Å². The zero-order chi connectivity index (χ0) is 98.8. The van der Waals surface area contributed by atoms with Crippen LogP contribution in [0.4, 0.5) is 85.3 Å². The lowest BCUT2D eigenvalue weighted by Crippen LogP contribution is -2.37. The quantitative estimate of drug-likeness (QED) is 0.101. The summed E-state index contributed by atoms with van der Waals surface area (Å²) in [5.41, 5.74) is 35.4. The van der Waals surface area contributed by atoms with Gasteiger partial charge in [0.05, 0.1) is 74.9 Å². The predicted molar refractivity (Wildman–Crippen MR) is 650 cm³/mol. The maximum Gasteiger partial charge on any atom is 0.0775 e. The first-order valence-corrected chi connectivity index (χ1v) is 61.6. The van der Waals surface area contributed by atoms with Crippen molar-refractivity contribution in [2.45, 2.75) is 178 Å². The van der Waals surface area contributed by atoms with Gasteiger partial charge in [-0.1, -0.05) is 458 Å². The Balaban J connectivity index is 0.000000187. The zero-order valence-electron chi connectivity index (χ0n) is 85.7. The van der Waals surface area contributed by atoms with Gasteiger partial charge in [-0.15, -0.1) is 0 Å². The smallest absolute Gasteiger partial charge is 0.0775 e. The average molecular weight is 1970 g/mol. The molecule has 0 radical (unpaired) electrons. The molecule has 0 fully saturated rings. The van der Waals surface area contributed by atoms with E-state index in [1.807, 2.05) is 0 Å². The molecule has 2 heterocycles. The molecule has 0 amide bonds. The SMILES string of the molecule is C.C.C.C.CC(C)(C)c1ccc(N(c2ccc([Si](C)(C)C)cc2)c2cc3c(c4ccccc24)-c2c(cc(N(c4ccc(C(C)(C)C)cc4)c4ccc([Si](C)(C)C)cc4)c4ccccc24)C32c3ccccc3N(c3ccccc3)c3ccccc32)cc1.CC(C)(C)c1ccc(N(c2ccc([Si](C)(C)C)cc2)c2cc3c(c4ccccc24)-c2c(ccc4ccccc24)C32c3ccccc3N(c3ccccc3)c3ccccc32)cc1. The van der Waals surface area contributed by atoms with E-state index in [2.05, 4.69) is 576 Å². The summed E-state index contributed by atoms with van der Waals surface area (Å²) in [6.07, 6.45) is 0. The molecule has 5 nitrogen and oxygen atoms in total. The van der Waals surface area contributed by atoms with Crippen LogP contribution in [-0.4, -0.2) is 24.2 Å². The molecule has 0 unspecified atom stereocenters. The summed E-state index contributed by atoms with van der Waals surface area (Å²) < 4.78 is 0. The molecule has 20 aromatic rings. The fourth-order valence-corrected chi connectivity index (χ4v) is 27.3. The Morgan fingerprint density at radius 3 is 0.680 bits per heavy atom. The lowest BCUT2D eigenvalue weighted by atomic mass is 9.64. The maximum atomic E-state index is 2.61. The number of benzene rings is 20. The predicted octanol–water partition coefficient (Wildman–Crippen LogP) is 38.8. The molecule has 0 saturated heterocycles. The van der Waals surface area contributed by atoms with Gasteiger partial charge in [-0.3, -0.25) is 0 Å². The van der Waals surface area contributed by atoms with E-state index in [1.165, 1.54) is 171 Å². The van der Waals surface area contributed by atoms with E-state index in [-0.39, 0.29) is 46.0 Å². The van der Waals surface area contributed by atoms with Crippen molar-refractivity contribution in [3.05, 3.63) is 492 Å². The van der Waals surface area contributed by atoms with Crippen LogP contribution in [0.5, 0.6) is 0 Å². The van der Waals surface area contributed by atoms with Gasteiger partial charge in [0.1, 0.15) is 0 Å². The molecule has 147 heavy (non-hydrogen) atoms. The van der Waals surface area contributed by atoms with Gasteiger partial charge in [-0.25, -0.2) is 0 Å². The summed E-state index contributed by atoms with van der Waals surface area (Å²) in [5.74, 6) is 0. The molecule has 0 saturated carbocycles. The van der Waals surface area contributed by atoms with Crippen LogP contribution in [0.1, 0.15) is 153 Å². The van der Waals surface area contributed by atoms with Crippen molar-refractivity contribution in [1.82, 2.24) is 0 Å². The number of hydrogen-bond acceptors (Lipinski definition) is 5. The third kappa shape index (κ3) is 16.7. The van der Waals surface area contributed by atoms with E-state index in [4.69, 9.17) is 0 Å². The second-order valence-electron chi connectivity index (χ2n) is 46.0. The van der Waals surface area contributed by atoms with E-state index in [0.717, 1.165) is 56.9 Å². The number of rotatable bonds is 14. The van der Waals surface area contributed by atoms with E-state index in [9.17, 15) is 0 Å². The van der Waals surface area contributed by atoms with Crippen molar-refractivity contribution in [1.29, 1.82) is 0 Å². The second-order valence-corrected chi connectivity index (χ2v) is 61.2. The topological polar surface area (TPSA) is 16.2 Å². The molecule has 0 N–H and O–H groups in total. The van der Waals surface area contributed by atoms with Gasteiger partial charge in [0.2, 0.25) is 0 Å². The van der Waals surface area contributed by atoms with Gasteiger partial charge in [-0.05, 0) is 266 Å². The van der Waals surface area contributed by atoms with Crippen LogP contribution in [0.25, 0.3) is 65.3 Å². The molecular formula is C139H141N5Si3. The zero-order valence-corrected chi connectivity index (χ0v) is 88.7. The minimum absolute atomic E-state index is 0. The number of hydrogen-bond donors (Lipinski definition) is 0. The minimum atomic E-state index is -1.62. The van der Waals surface area contributed by atoms with E-state index >= 15 is 0 Å². The van der Waals surface area contributed by atoms with Crippen LogP contribution in [0, 0.1) is 0 Å². The Hall–Kier alpha value is -14.9. The molecule has 2 spiro atoms.